The molecule has 0 aromatic heterocycles. The molecule has 1 aromatic carbocycles. The first-order valence-corrected chi connectivity index (χ1v) is 7.58. The van der Waals surface area contributed by atoms with Gasteiger partial charge in [-0.05, 0) is 36.6 Å². The Hall–Kier alpha value is -1.68. The Morgan fingerprint density at radius 2 is 2.05 bits per heavy atom. The first kappa shape index (κ1) is 15.7. The normalized spacial score (nSPS) is 17.6. The number of hydrogen-bond acceptors (Lipinski definition) is 3. The molecule has 0 radical (unpaired) electrons. The maximum absolute atomic E-state index is 12.3. The Kier molecular flexibility index (Phi) is 4.78. The number of hydrogen-bond donors (Lipinski definition) is 1. The molecule has 1 heterocycles. The van der Waals surface area contributed by atoms with Crippen molar-refractivity contribution in [2.45, 2.75) is 39.2 Å². The summed E-state index contributed by atoms with van der Waals surface area (Å²) in [5.74, 6) is 0.296. The fourth-order valence-corrected chi connectivity index (χ4v) is 2.73. The van der Waals surface area contributed by atoms with E-state index >= 15 is 0 Å². The zero-order chi connectivity index (χ0) is 15.6. The van der Waals surface area contributed by atoms with Gasteiger partial charge in [0.25, 0.3) is 5.91 Å². The van der Waals surface area contributed by atoms with Crippen LogP contribution in [0.2, 0.25) is 0 Å². The second kappa shape index (κ2) is 6.39. The lowest BCUT2D eigenvalue weighted by Crippen LogP contribution is -2.39. The molecule has 0 saturated heterocycles. The van der Waals surface area contributed by atoms with Crippen LogP contribution in [0, 0.1) is 5.92 Å². The van der Waals surface area contributed by atoms with E-state index in [0.717, 1.165) is 24.0 Å². The number of nitrogens with one attached hydrogen (secondary N) is 1. The minimum atomic E-state index is -0.193. The molecule has 1 aromatic rings. The van der Waals surface area contributed by atoms with Crippen molar-refractivity contribution in [1.29, 1.82) is 0 Å². The van der Waals surface area contributed by atoms with Crippen LogP contribution in [-0.4, -0.2) is 30.8 Å². The van der Waals surface area contributed by atoms with E-state index in [9.17, 15) is 9.59 Å². The molecule has 0 spiro atoms. The molecule has 0 saturated carbocycles. The number of benzene rings is 1. The molecule has 21 heavy (non-hydrogen) atoms. The van der Waals surface area contributed by atoms with Crippen LogP contribution in [0.3, 0.4) is 0 Å². The van der Waals surface area contributed by atoms with Crippen molar-refractivity contribution in [3.8, 4) is 0 Å². The fourth-order valence-electron chi connectivity index (χ4n) is 2.73. The molecule has 1 N–H and O–H groups in total. The van der Waals surface area contributed by atoms with E-state index in [0.29, 0.717) is 17.9 Å². The van der Waals surface area contributed by atoms with Crippen molar-refractivity contribution < 1.29 is 9.59 Å². The summed E-state index contributed by atoms with van der Waals surface area (Å²) >= 11 is 0. The molecular formula is C17H24N2O2. The van der Waals surface area contributed by atoms with Crippen molar-refractivity contribution in [3.05, 3.63) is 34.9 Å². The van der Waals surface area contributed by atoms with E-state index in [1.807, 2.05) is 25.2 Å². The van der Waals surface area contributed by atoms with Crippen LogP contribution >= 0.6 is 0 Å². The van der Waals surface area contributed by atoms with Crippen molar-refractivity contribution in [3.63, 3.8) is 0 Å². The predicted octanol–water partition coefficient (Wildman–Crippen LogP) is 2.54. The second-order valence-corrected chi connectivity index (χ2v) is 5.94. The number of amides is 2. The van der Waals surface area contributed by atoms with Crippen LogP contribution in [0.4, 0.5) is 0 Å². The van der Waals surface area contributed by atoms with E-state index in [4.69, 9.17) is 0 Å². The van der Waals surface area contributed by atoms with Gasteiger partial charge in [0.05, 0.1) is 6.42 Å². The fraction of sp³-hybridized carbons (Fsp3) is 0.529. The van der Waals surface area contributed by atoms with Gasteiger partial charge >= 0.3 is 0 Å². The highest BCUT2D eigenvalue weighted by Gasteiger charge is 2.28. The molecule has 114 valence electrons. The number of fused-ring (bicyclic) bond motifs is 1. The SMILES string of the molecule is CCC(C)CC(NC)c1ccc2c(c1)C(=O)N(C)C(=O)C2. The van der Waals surface area contributed by atoms with Gasteiger partial charge in [-0.15, -0.1) is 0 Å². The number of rotatable bonds is 5. The summed E-state index contributed by atoms with van der Waals surface area (Å²) in [5, 5.41) is 3.33. The van der Waals surface area contributed by atoms with Gasteiger partial charge in [0, 0.05) is 18.7 Å². The quantitative estimate of drug-likeness (QED) is 0.847. The molecule has 2 atom stereocenters. The first-order valence-electron chi connectivity index (χ1n) is 7.58. The molecule has 2 rings (SSSR count). The number of imide groups is 1. The topological polar surface area (TPSA) is 49.4 Å². The minimum absolute atomic E-state index is 0.134. The second-order valence-electron chi connectivity index (χ2n) is 5.94. The molecule has 0 aliphatic carbocycles. The van der Waals surface area contributed by atoms with E-state index < -0.39 is 0 Å². The van der Waals surface area contributed by atoms with Gasteiger partial charge < -0.3 is 5.32 Å². The highest BCUT2D eigenvalue weighted by molar-refractivity contribution is 6.09. The van der Waals surface area contributed by atoms with E-state index in [2.05, 4.69) is 19.2 Å². The van der Waals surface area contributed by atoms with E-state index in [1.54, 1.807) is 7.05 Å². The molecule has 4 nitrogen and oxygen atoms in total. The summed E-state index contributed by atoms with van der Waals surface area (Å²) in [7, 11) is 3.50. The third-order valence-corrected chi connectivity index (χ3v) is 4.47. The molecule has 2 unspecified atom stereocenters. The molecule has 0 fully saturated rings. The van der Waals surface area contributed by atoms with Gasteiger partial charge in [0.2, 0.25) is 5.91 Å². The van der Waals surface area contributed by atoms with Crippen molar-refractivity contribution in [1.82, 2.24) is 10.2 Å². The van der Waals surface area contributed by atoms with E-state index in [-0.39, 0.29) is 17.9 Å². The van der Waals surface area contributed by atoms with Gasteiger partial charge in [-0.3, -0.25) is 14.5 Å². The van der Waals surface area contributed by atoms with Crippen LogP contribution in [0.15, 0.2) is 18.2 Å². The van der Waals surface area contributed by atoms with Crippen molar-refractivity contribution in [2.24, 2.45) is 5.92 Å². The largest absolute Gasteiger partial charge is 0.313 e. The minimum Gasteiger partial charge on any atom is -0.313 e. The number of nitrogens with zero attached hydrogens (tertiary/aromatic N) is 1. The Balaban J connectivity index is 2.31. The Morgan fingerprint density at radius 1 is 1.33 bits per heavy atom. The maximum Gasteiger partial charge on any atom is 0.260 e. The summed E-state index contributed by atoms with van der Waals surface area (Å²) in [6.07, 6.45) is 2.49. The van der Waals surface area contributed by atoms with Crippen LogP contribution < -0.4 is 5.32 Å². The van der Waals surface area contributed by atoms with Gasteiger partial charge in [-0.2, -0.15) is 0 Å². The van der Waals surface area contributed by atoms with Gasteiger partial charge in [-0.25, -0.2) is 0 Å². The zero-order valence-electron chi connectivity index (χ0n) is 13.3. The van der Waals surface area contributed by atoms with Crippen molar-refractivity contribution in [2.75, 3.05) is 14.1 Å². The lowest BCUT2D eigenvalue weighted by atomic mass is 9.90. The third kappa shape index (κ3) is 3.16. The van der Waals surface area contributed by atoms with E-state index in [1.165, 1.54) is 4.90 Å². The molecule has 2 amide bonds. The predicted molar refractivity (Wildman–Crippen MR) is 83.1 cm³/mol. The summed E-state index contributed by atoms with van der Waals surface area (Å²) in [5.41, 5.74) is 2.62. The molecule has 1 aliphatic heterocycles. The zero-order valence-corrected chi connectivity index (χ0v) is 13.3. The standard InChI is InChI=1S/C17H24N2O2/c1-5-11(2)8-15(18-3)13-7-6-12-10-16(20)19(4)17(21)14(12)9-13/h6-7,9,11,15,18H,5,8,10H2,1-4H3. The molecule has 1 aliphatic rings. The number of likely N-dealkylation sites (N-methyl/N-ethyl adjacent to an activating group) is 1. The molecule has 0 bridgehead atoms. The maximum atomic E-state index is 12.3. The number of carbonyl (C=O) groups excluding carboxylic acids is 2. The smallest absolute Gasteiger partial charge is 0.260 e. The Labute approximate surface area is 126 Å². The summed E-state index contributed by atoms with van der Waals surface area (Å²) in [6.45, 7) is 4.43. The van der Waals surface area contributed by atoms with Crippen LogP contribution in [0.1, 0.15) is 54.2 Å². The van der Waals surface area contributed by atoms with Crippen LogP contribution in [-0.2, 0) is 11.2 Å². The average molecular weight is 288 g/mol. The molecule has 4 heteroatoms. The van der Waals surface area contributed by atoms with Crippen LogP contribution in [0.25, 0.3) is 0 Å². The van der Waals surface area contributed by atoms with Gasteiger partial charge in [-0.1, -0.05) is 32.4 Å². The third-order valence-electron chi connectivity index (χ3n) is 4.47. The Bertz CT molecular complexity index is 554. The van der Waals surface area contributed by atoms with Crippen LogP contribution in [0.5, 0.6) is 0 Å². The first-order chi connectivity index (χ1) is 9.97. The highest BCUT2D eigenvalue weighted by atomic mass is 16.2. The number of carbonyl (C=O) groups is 2. The summed E-state index contributed by atoms with van der Waals surface area (Å²) in [6, 6.07) is 6.15. The average Bonchev–Trinajstić information content (AvgIpc) is 2.50. The monoisotopic (exact) mass is 288 g/mol. The Morgan fingerprint density at radius 3 is 2.67 bits per heavy atom. The lowest BCUT2D eigenvalue weighted by Gasteiger charge is -2.26. The summed E-state index contributed by atoms with van der Waals surface area (Å²) in [4.78, 5) is 25.2. The highest BCUT2D eigenvalue weighted by Crippen LogP contribution is 2.27. The molecular weight excluding hydrogens is 264 g/mol. The lowest BCUT2D eigenvalue weighted by molar-refractivity contribution is -0.127. The van der Waals surface area contributed by atoms with Crippen molar-refractivity contribution >= 4 is 11.8 Å². The summed E-state index contributed by atoms with van der Waals surface area (Å²) < 4.78 is 0. The van der Waals surface area contributed by atoms with Gasteiger partial charge in [0.15, 0.2) is 0 Å². The van der Waals surface area contributed by atoms with Gasteiger partial charge in [0.1, 0.15) is 0 Å².